The summed E-state index contributed by atoms with van der Waals surface area (Å²) in [5.74, 6) is 3.03. The molecular formula is C19H26N6OS. The number of aromatic nitrogens is 5. The number of imidazole rings is 1. The number of thiazole rings is 1. The highest BCUT2D eigenvalue weighted by Crippen LogP contribution is 2.32. The van der Waals surface area contributed by atoms with Crippen LogP contribution in [0.2, 0.25) is 0 Å². The van der Waals surface area contributed by atoms with Gasteiger partial charge in [-0.2, -0.15) is 5.10 Å². The number of piperidine rings is 1. The summed E-state index contributed by atoms with van der Waals surface area (Å²) >= 11 is 1.73. The van der Waals surface area contributed by atoms with Gasteiger partial charge in [0, 0.05) is 30.6 Å². The summed E-state index contributed by atoms with van der Waals surface area (Å²) < 4.78 is 3.99. The molecule has 27 heavy (non-hydrogen) atoms. The minimum Gasteiger partial charge on any atom is -0.342 e. The number of fused-ring (bicyclic) bond motifs is 1. The molecule has 0 aromatic carbocycles. The largest absolute Gasteiger partial charge is 0.342 e. The van der Waals surface area contributed by atoms with Gasteiger partial charge in [0.15, 0.2) is 0 Å². The first-order valence-electron chi connectivity index (χ1n) is 9.53. The number of hydrogen-bond acceptors (Lipinski definition) is 5. The third-order valence-corrected chi connectivity index (χ3v) is 6.30. The van der Waals surface area contributed by atoms with E-state index in [4.69, 9.17) is 4.98 Å². The van der Waals surface area contributed by atoms with E-state index in [-0.39, 0.29) is 11.8 Å². The molecule has 3 aromatic heterocycles. The molecule has 0 aliphatic carbocycles. The maximum absolute atomic E-state index is 13.1. The van der Waals surface area contributed by atoms with Crippen LogP contribution in [-0.2, 0) is 11.3 Å². The van der Waals surface area contributed by atoms with E-state index < -0.39 is 0 Å². The number of amides is 1. The lowest BCUT2D eigenvalue weighted by molar-refractivity contribution is -0.136. The van der Waals surface area contributed by atoms with Crippen LogP contribution in [-0.4, -0.2) is 48.0 Å². The predicted octanol–water partition coefficient (Wildman–Crippen LogP) is 2.95. The summed E-state index contributed by atoms with van der Waals surface area (Å²) in [6.07, 6.45) is 4.18. The maximum atomic E-state index is 13.1. The quantitative estimate of drug-likeness (QED) is 0.691. The summed E-state index contributed by atoms with van der Waals surface area (Å²) in [6, 6.07) is 0. The zero-order valence-corrected chi connectivity index (χ0v) is 17.2. The highest BCUT2D eigenvalue weighted by Gasteiger charge is 2.30. The fourth-order valence-corrected chi connectivity index (χ4v) is 5.00. The van der Waals surface area contributed by atoms with E-state index in [0.29, 0.717) is 12.5 Å². The Bertz CT molecular complexity index is 970. The SMILES string of the molecule is Cc1nc(C)n(C[C@@H](C)C(=O)N2CCC[C@H](c3nc(C)n4ccsc34)C2)n1. The summed E-state index contributed by atoms with van der Waals surface area (Å²) in [7, 11) is 0. The van der Waals surface area contributed by atoms with Crippen LogP contribution >= 0.6 is 11.3 Å². The highest BCUT2D eigenvalue weighted by molar-refractivity contribution is 7.15. The molecule has 1 aliphatic heterocycles. The van der Waals surface area contributed by atoms with Crippen LogP contribution in [0, 0.1) is 26.7 Å². The van der Waals surface area contributed by atoms with E-state index in [1.807, 2.05) is 37.3 Å². The summed E-state index contributed by atoms with van der Waals surface area (Å²) in [4.78, 5) is 25.4. The molecule has 8 heteroatoms. The number of rotatable bonds is 4. The van der Waals surface area contributed by atoms with Crippen molar-refractivity contribution in [2.45, 2.75) is 53.0 Å². The summed E-state index contributed by atoms with van der Waals surface area (Å²) in [6.45, 7) is 9.99. The van der Waals surface area contributed by atoms with Crippen LogP contribution in [0.4, 0.5) is 0 Å². The number of carbonyl (C=O) groups is 1. The molecule has 0 radical (unpaired) electrons. The van der Waals surface area contributed by atoms with Crippen molar-refractivity contribution in [3.8, 4) is 0 Å². The van der Waals surface area contributed by atoms with Gasteiger partial charge < -0.3 is 4.90 Å². The van der Waals surface area contributed by atoms with Gasteiger partial charge in [0.1, 0.15) is 22.3 Å². The Morgan fingerprint density at radius 1 is 1.30 bits per heavy atom. The van der Waals surface area contributed by atoms with Gasteiger partial charge in [0.05, 0.1) is 18.2 Å². The molecule has 3 aromatic rings. The number of hydrogen-bond donors (Lipinski definition) is 0. The molecule has 2 atom stereocenters. The minimum absolute atomic E-state index is 0.117. The first-order chi connectivity index (χ1) is 12.9. The molecule has 4 rings (SSSR count). The molecular weight excluding hydrogens is 360 g/mol. The topological polar surface area (TPSA) is 68.3 Å². The van der Waals surface area contributed by atoms with Crippen molar-refractivity contribution in [1.82, 2.24) is 29.0 Å². The van der Waals surface area contributed by atoms with Crippen molar-refractivity contribution in [3.05, 3.63) is 34.7 Å². The molecule has 144 valence electrons. The molecule has 0 unspecified atom stereocenters. The second kappa shape index (κ2) is 7.07. The zero-order chi connectivity index (χ0) is 19.1. The smallest absolute Gasteiger partial charge is 0.227 e. The van der Waals surface area contributed by atoms with Gasteiger partial charge >= 0.3 is 0 Å². The highest BCUT2D eigenvalue weighted by atomic mass is 32.1. The minimum atomic E-state index is -0.117. The van der Waals surface area contributed by atoms with E-state index in [1.165, 1.54) is 4.83 Å². The molecule has 4 heterocycles. The normalized spacial score (nSPS) is 19.0. The molecule has 1 aliphatic rings. The summed E-state index contributed by atoms with van der Waals surface area (Å²) in [5.41, 5.74) is 1.15. The van der Waals surface area contributed by atoms with Gasteiger partial charge in [-0.25, -0.2) is 14.6 Å². The first-order valence-corrected chi connectivity index (χ1v) is 10.4. The van der Waals surface area contributed by atoms with Crippen molar-refractivity contribution in [3.63, 3.8) is 0 Å². The Morgan fingerprint density at radius 2 is 2.11 bits per heavy atom. The molecule has 0 spiro atoms. The standard InChI is InChI=1S/C19H26N6OS/c1-12(10-25-15(4)20-13(2)22-25)18(26)23-7-5-6-16(11-23)17-19-24(8-9-27-19)14(3)21-17/h8-9,12,16H,5-7,10-11H2,1-4H3/t12-,16+/m1/s1. The lowest BCUT2D eigenvalue weighted by atomic mass is 9.94. The van der Waals surface area contributed by atoms with Crippen LogP contribution in [0.25, 0.3) is 4.83 Å². The third kappa shape index (κ3) is 3.38. The van der Waals surface area contributed by atoms with Crippen LogP contribution in [0.5, 0.6) is 0 Å². The van der Waals surface area contributed by atoms with Crippen molar-refractivity contribution in [2.75, 3.05) is 13.1 Å². The van der Waals surface area contributed by atoms with E-state index in [1.54, 1.807) is 11.3 Å². The lowest BCUT2D eigenvalue weighted by Crippen LogP contribution is -2.42. The van der Waals surface area contributed by atoms with Crippen LogP contribution in [0.1, 0.15) is 48.9 Å². The second-order valence-electron chi connectivity index (χ2n) is 7.54. The van der Waals surface area contributed by atoms with Crippen molar-refractivity contribution >= 4 is 22.1 Å². The molecule has 0 N–H and O–H groups in total. The Hall–Kier alpha value is -2.22. The lowest BCUT2D eigenvalue weighted by Gasteiger charge is -2.33. The Kier molecular flexibility index (Phi) is 4.75. The fourth-order valence-electron chi connectivity index (χ4n) is 4.04. The van der Waals surface area contributed by atoms with E-state index in [0.717, 1.165) is 49.1 Å². The van der Waals surface area contributed by atoms with Crippen molar-refractivity contribution in [2.24, 2.45) is 5.92 Å². The van der Waals surface area contributed by atoms with E-state index in [9.17, 15) is 4.79 Å². The fraction of sp³-hybridized carbons (Fsp3) is 0.579. The molecule has 1 fully saturated rings. The molecule has 1 saturated heterocycles. The van der Waals surface area contributed by atoms with Gasteiger partial charge in [-0.05, 0) is 33.6 Å². The van der Waals surface area contributed by atoms with Gasteiger partial charge in [0.25, 0.3) is 0 Å². The number of aryl methyl sites for hydroxylation is 3. The molecule has 1 amide bonds. The van der Waals surface area contributed by atoms with E-state index >= 15 is 0 Å². The van der Waals surface area contributed by atoms with Crippen LogP contribution < -0.4 is 0 Å². The Morgan fingerprint density at radius 3 is 2.85 bits per heavy atom. The maximum Gasteiger partial charge on any atom is 0.227 e. The Labute approximate surface area is 163 Å². The number of likely N-dealkylation sites (tertiary alicyclic amines) is 1. The number of nitrogens with zero attached hydrogens (tertiary/aromatic N) is 6. The van der Waals surface area contributed by atoms with Gasteiger partial charge in [0.2, 0.25) is 5.91 Å². The molecule has 0 bridgehead atoms. The first kappa shape index (κ1) is 18.2. The monoisotopic (exact) mass is 386 g/mol. The number of carbonyl (C=O) groups excluding carboxylic acids is 1. The van der Waals surface area contributed by atoms with Gasteiger partial charge in [-0.15, -0.1) is 11.3 Å². The third-order valence-electron chi connectivity index (χ3n) is 5.41. The van der Waals surface area contributed by atoms with Crippen LogP contribution in [0.15, 0.2) is 11.6 Å². The van der Waals surface area contributed by atoms with Crippen molar-refractivity contribution in [1.29, 1.82) is 0 Å². The summed E-state index contributed by atoms with van der Waals surface area (Å²) in [5, 5.41) is 6.50. The Balaban J connectivity index is 1.48. The average Bonchev–Trinajstić information content (AvgIpc) is 3.32. The molecule has 0 saturated carbocycles. The second-order valence-corrected chi connectivity index (χ2v) is 8.43. The van der Waals surface area contributed by atoms with Crippen LogP contribution in [0.3, 0.4) is 0 Å². The van der Waals surface area contributed by atoms with Gasteiger partial charge in [-0.3, -0.25) is 9.20 Å². The van der Waals surface area contributed by atoms with Gasteiger partial charge in [-0.1, -0.05) is 6.92 Å². The zero-order valence-electron chi connectivity index (χ0n) is 16.3. The molecule has 7 nitrogen and oxygen atoms in total. The van der Waals surface area contributed by atoms with Crippen molar-refractivity contribution < 1.29 is 4.79 Å². The predicted molar refractivity (Wildman–Crippen MR) is 105 cm³/mol. The van der Waals surface area contributed by atoms with E-state index in [2.05, 4.69) is 26.1 Å². The average molecular weight is 387 g/mol.